The largest absolute Gasteiger partial charge is 0.462 e. The molecular weight excluding hydrogens is 456 g/mol. The van der Waals surface area contributed by atoms with Crippen LogP contribution in [-0.2, 0) is 42.9 Å². The van der Waals surface area contributed by atoms with Crippen LogP contribution in [0.4, 0.5) is 0 Å². The summed E-state index contributed by atoms with van der Waals surface area (Å²) in [6.45, 7) is 20.0. The average Bonchev–Trinajstić information content (AvgIpc) is 2.65. The number of hydrogen-bond donors (Lipinski definition) is 0. The second-order valence-corrected chi connectivity index (χ2v) is 13.2. The molecule has 0 bridgehead atoms. The minimum absolute atomic E-state index is 0.134. The second kappa shape index (κ2) is 10.8. The molecule has 0 aromatic carbocycles. The molecule has 1 heterocycles. The van der Waals surface area contributed by atoms with E-state index in [4.69, 9.17) is 23.7 Å². The zero-order valence-electron chi connectivity index (χ0n) is 23.4. The van der Waals surface area contributed by atoms with Gasteiger partial charge in [-0.3, -0.25) is 19.2 Å². The summed E-state index contributed by atoms with van der Waals surface area (Å²) in [5.41, 5.74) is -3.33. The van der Waals surface area contributed by atoms with E-state index in [9.17, 15) is 19.2 Å². The van der Waals surface area contributed by atoms with Crippen molar-refractivity contribution in [3.63, 3.8) is 0 Å². The number of carbonyl (C=O) groups excluding carboxylic acids is 4. The first-order valence-corrected chi connectivity index (χ1v) is 12.0. The monoisotopic (exact) mass is 500 g/mol. The van der Waals surface area contributed by atoms with Crippen LogP contribution >= 0.6 is 0 Å². The van der Waals surface area contributed by atoms with Gasteiger partial charge in [-0.2, -0.15) is 0 Å². The fraction of sp³-hybridized carbons (Fsp3) is 0.846. The molecule has 1 fully saturated rings. The lowest BCUT2D eigenvalue weighted by Gasteiger charge is -2.42. The summed E-state index contributed by atoms with van der Waals surface area (Å²) in [5.74, 6) is -2.13. The molecule has 1 saturated heterocycles. The summed E-state index contributed by atoms with van der Waals surface area (Å²) < 4.78 is 28.6. The van der Waals surface area contributed by atoms with Gasteiger partial charge in [0.2, 0.25) is 0 Å². The Morgan fingerprint density at radius 3 is 1.37 bits per heavy atom. The fourth-order valence-electron chi connectivity index (χ4n) is 2.65. The van der Waals surface area contributed by atoms with Crippen molar-refractivity contribution in [3.8, 4) is 0 Å². The molecule has 9 nitrogen and oxygen atoms in total. The van der Waals surface area contributed by atoms with Crippen molar-refractivity contribution in [1.82, 2.24) is 0 Å². The van der Waals surface area contributed by atoms with Crippen LogP contribution in [0.15, 0.2) is 0 Å². The average molecular weight is 501 g/mol. The van der Waals surface area contributed by atoms with E-state index in [2.05, 4.69) is 0 Å². The van der Waals surface area contributed by atoms with Gasteiger partial charge in [0, 0.05) is 0 Å². The van der Waals surface area contributed by atoms with E-state index >= 15 is 0 Å². The van der Waals surface area contributed by atoms with Crippen molar-refractivity contribution in [3.05, 3.63) is 0 Å². The Hall–Kier alpha value is -2.16. The second-order valence-electron chi connectivity index (χ2n) is 13.2. The van der Waals surface area contributed by atoms with Crippen LogP contribution in [0.3, 0.4) is 0 Å². The molecule has 202 valence electrons. The maximum absolute atomic E-state index is 12.9. The molecular formula is C26H44O9. The highest BCUT2D eigenvalue weighted by Crippen LogP contribution is 2.31. The summed E-state index contributed by atoms with van der Waals surface area (Å²) in [6, 6.07) is 0. The molecule has 1 aliphatic heterocycles. The summed E-state index contributed by atoms with van der Waals surface area (Å²) in [4.78, 5) is 50.7. The fourth-order valence-corrected chi connectivity index (χ4v) is 2.65. The summed E-state index contributed by atoms with van der Waals surface area (Å²) in [7, 11) is 0. The highest BCUT2D eigenvalue weighted by atomic mass is 16.7. The van der Waals surface area contributed by atoms with E-state index < -0.39 is 70.0 Å². The van der Waals surface area contributed by atoms with E-state index in [-0.39, 0.29) is 13.2 Å². The van der Waals surface area contributed by atoms with Crippen LogP contribution in [0, 0.1) is 21.7 Å². The van der Waals surface area contributed by atoms with E-state index in [0.29, 0.717) is 0 Å². The summed E-state index contributed by atoms with van der Waals surface area (Å²) in [6.07, 6.45) is -4.30. The molecule has 0 aliphatic carbocycles. The van der Waals surface area contributed by atoms with Crippen molar-refractivity contribution < 1.29 is 42.9 Å². The molecule has 0 amide bonds. The SMILES string of the molecule is CC(C)(C)C(=O)OCC1OCC(OC(=O)C(C)(C)C)C(OC(=O)C(C)(C)C)C1OC(=O)C(C)(C)C. The first kappa shape index (κ1) is 30.9. The molecule has 1 aliphatic rings. The van der Waals surface area contributed by atoms with Crippen molar-refractivity contribution in [2.75, 3.05) is 13.2 Å². The Morgan fingerprint density at radius 1 is 0.600 bits per heavy atom. The van der Waals surface area contributed by atoms with E-state index in [1.54, 1.807) is 83.1 Å². The van der Waals surface area contributed by atoms with Gasteiger partial charge in [0.15, 0.2) is 18.3 Å². The normalized spacial score (nSPS) is 23.8. The smallest absolute Gasteiger partial charge is 0.311 e. The number of rotatable bonds is 5. The predicted octanol–water partition coefficient (Wildman–Crippen LogP) is 3.85. The third kappa shape index (κ3) is 9.09. The highest BCUT2D eigenvalue weighted by Gasteiger charge is 2.50. The van der Waals surface area contributed by atoms with Crippen LogP contribution in [0.5, 0.6) is 0 Å². The van der Waals surface area contributed by atoms with Crippen LogP contribution in [0.25, 0.3) is 0 Å². The molecule has 0 N–H and O–H groups in total. The number of hydrogen-bond acceptors (Lipinski definition) is 9. The summed E-state index contributed by atoms with van der Waals surface area (Å²) in [5, 5.41) is 0. The molecule has 1 rings (SSSR count). The van der Waals surface area contributed by atoms with E-state index in [0.717, 1.165) is 0 Å². The van der Waals surface area contributed by atoms with Crippen molar-refractivity contribution in [1.29, 1.82) is 0 Å². The van der Waals surface area contributed by atoms with Gasteiger partial charge in [-0.15, -0.1) is 0 Å². The molecule has 9 heteroatoms. The molecule has 0 radical (unpaired) electrons. The Kier molecular flexibility index (Phi) is 9.57. The van der Waals surface area contributed by atoms with Crippen LogP contribution in [0.2, 0.25) is 0 Å². The first-order chi connectivity index (χ1) is 15.5. The molecule has 4 atom stereocenters. The van der Waals surface area contributed by atoms with Crippen molar-refractivity contribution >= 4 is 23.9 Å². The minimum atomic E-state index is -1.17. The zero-order valence-corrected chi connectivity index (χ0v) is 23.4. The van der Waals surface area contributed by atoms with Gasteiger partial charge in [0.05, 0.1) is 28.3 Å². The van der Waals surface area contributed by atoms with Crippen molar-refractivity contribution in [2.45, 2.75) is 108 Å². The Labute approximate surface area is 209 Å². The lowest BCUT2D eigenvalue weighted by atomic mass is 9.93. The molecule has 0 saturated carbocycles. The Bertz CT molecular complexity index is 788. The number of esters is 4. The molecule has 0 aromatic heterocycles. The van der Waals surface area contributed by atoms with E-state index in [1.165, 1.54) is 0 Å². The molecule has 4 unspecified atom stereocenters. The van der Waals surface area contributed by atoms with Gasteiger partial charge in [-0.1, -0.05) is 0 Å². The minimum Gasteiger partial charge on any atom is -0.462 e. The lowest BCUT2D eigenvalue weighted by Crippen LogP contribution is -2.60. The first-order valence-electron chi connectivity index (χ1n) is 12.0. The Balaban J connectivity index is 3.38. The predicted molar refractivity (Wildman–Crippen MR) is 128 cm³/mol. The number of carbonyl (C=O) groups is 4. The lowest BCUT2D eigenvalue weighted by molar-refractivity contribution is -0.240. The quantitative estimate of drug-likeness (QED) is 0.410. The maximum Gasteiger partial charge on any atom is 0.311 e. The van der Waals surface area contributed by atoms with E-state index in [1.807, 2.05) is 0 Å². The van der Waals surface area contributed by atoms with Gasteiger partial charge in [-0.05, 0) is 83.1 Å². The topological polar surface area (TPSA) is 114 Å². The van der Waals surface area contributed by atoms with Crippen LogP contribution < -0.4 is 0 Å². The standard InChI is InChI=1S/C26H44O9/c1-23(2,3)19(27)32-13-15-17(34-21(29)25(7,8)9)18(35-22(30)26(10,11)12)16(14-31-15)33-20(28)24(4,5)6/h15-18H,13-14H2,1-12H3. The van der Waals surface area contributed by atoms with Gasteiger partial charge in [-0.25, -0.2) is 0 Å². The molecule has 0 aromatic rings. The number of ether oxygens (including phenoxy) is 5. The van der Waals surface area contributed by atoms with Gasteiger partial charge in [0.25, 0.3) is 0 Å². The molecule has 35 heavy (non-hydrogen) atoms. The highest BCUT2D eigenvalue weighted by molar-refractivity contribution is 5.78. The third-order valence-corrected chi connectivity index (χ3v) is 5.10. The van der Waals surface area contributed by atoms with Crippen molar-refractivity contribution in [2.24, 2.45) is 21.7 Å². The van der Waals surface area contributed by atoms with Gasteiger partial charge >= 0.3 is 23.9 Å². The zero-order chi connectivity index (χ0) is 27.6. The van der Waals surface area contributed by atoms with Gasteiger partial charge in [0.1, 0.15) is 12.7 Å². The van der Waals surface area contributed by atoms with Crippen LogP contribution in [0.1, 0.15) is 83.1 Å². The maximum atomic E-state index is 12.9. The van der Waals surface area contributed by atoms with Crippen LogP contribution in [-0.4, -0.2) is 61.5 Å². The molecule has 0 spiro atoms. The van der Waals surface area contributed by atoms with Gasteiger partial charge < -0.3 is 23.7 Å². The Morgan fingerprint density at radius 2 is 0.971 bits per heavy atom. The third-order valence-electron chi connectivity index (χ3n) is 5.10. The summed E-state index contributed by atoms with van der Waals surface area (Å²) >= 11 is 0.